The van der Waals surface area contributed by atoms with Crippen molar-refractivity contribution in [2.24, 2.45) is 5.73 Å². The van der Waals surface area contributed by atoms with Gasteiger partial charge in [-0.1, -0.05) is 35.9 Å². The summed E-state index contributed by atoms with van der Waals surface area (Å²) >= 11 is 8.09. The van der Waals surface area contributed by atoms with E-state index in [0.717, 1.165) is 10.6 Å². The zero-order chi connectivity index (χ0) is 14.7. The van der Waals surface area contributed by atoms with Gasteiger partial charge >= 0.3 is 0 Å². The highest BCUT2D eigenvalue weighted by atomic mass is 35.5. The van der Waals surface area contributed by atoms with E-state index in [0.29, 0.717) is 0 Å². The Balaban J connectivity index is 2.31. The molecule has 0 heterocycles. The van der Waals surface area contributed by atoms with E-state index in [1.54, 1.807) is 11.8 Å². The van der Waals surface area contributed by atoms with Crippen LogP contribution in [0.3, 0.4) is 0 Å². The lowest BCUT2D eigenvalue weighted by molar-refractivity contribution is 0.721. The van der Waals surface area contributed by atoms with Crippen molar-refractivity contribution in [3.8, 4) is 0 Å². The molecule has 2 N–H and O–H groups in total. The summed E-state index contributed by atoms with van der Waals surface area (Å²) in [6, 6.07) is 14.5. The molecule has 106 valence electrons. The number of rotatable bonds is 4. The molecule has 2 unspecified atom stereocenters. The maximum absolute atomic E-state index is 6.32. The van der Waals surface area contributed by atoms with Crippen molar-refractivity contribution in [1.29, 1.82) is 0 Å². The van der Waals surface area contributed by atoms with Crippen molar-refractivity contribution in [3.05, 3.63) is 64.2 Å². The fraction of sp³-hybridized carbons (Fsp3) is 0.294. The van der Waals surface area contributed by atoms with Gasteiger partial charge < -0.3 is 5.73 Å². The van der Waals surface area contributed by atoms with Gasteiger partial charge in [0.2, 0.25) is 0 Å². The molecule has 2 aromatic rings. The minimum Gasteiger partial charge on any atom is -0.327 e. The summed E-state index contributed by atoms with van der Waals surface area (Å²) in [5, 5.41) is 0.942. The standard InChI is InChI=1S/C17H20ClNS/c1-11-8-9-14(10-12(11)2)20-17(13(3)19)15-6-4-5-7-16(15)18/h4-10,13,17H,19H2,1-3H3. The van der Waals surface area contributed by atoms with Gasteiger partial charge in [-0.25, -0.2) is 0 Å². The molecule has 0 saturated carbocycles. The summed E-state index contributed by atoms with van der Waals surface area (Å²) in [5.41, 5.74) is 9.89. The smallest absolute Gasteiger partial charge is 0.0507 e. The third-order valence-electron chi connectivity index (χ3n) is 3.43. The zero-order valence-electron chi connectivity index (χ0n) is 12.1. The second-order valence-electron chi connectivity index (χ2n) is 5.17. The number of halogens is 1. The zero-order valence-corrected chi connectivity index (χ0v) is 13.6. The minimum atomic E-state index is 0.0292. The Morgan fingerprint density at radius 1 is 1.05 bits per heavy atom. The highest BCUT2D eigenvalue weighted by Gasteiger charge is 2.20. The summed E-state index contributed by atoms with van der Waals surface area (Å²) in [7, 11) is 0. The molecule has 0 bridgehead atoms. The fourth-order valence-electron chi connectivity index (χ4n) is 2.09. The summed E-state index contributed by atoms with van der Waals surface area (Å²) < 4.78 is 0. The lowest BCUT2D eigenvalue weighted by atomic mass is 10.1. The Morgan fingerprint density at radius 3 is 2.35 bits per heavy atom. The molecule has 20 heavy (non-hydrogen) atoms. The molecule has 3 heteroatoms. The Bertz CT molecular complexity index is 595. The molecule has 0 fully saturated rings. The second-order valence-corrected chi connectivity index (χ2v) is 6.79. The van der Waals surface area contributed by atoms with Crippen molar-refractivity contribution >= 4 is 23.4 Å². The first kappa shape index (κ1) is 15.4. The predicted octanol–water partition coefficient (Wildman–Crippen LogP) is 5.14. The van der Waals surface area contributed by atoms with Crippen LogP contribution in [0.5, 0.6) is 0 Å². The second kappa shape index (κ2) is 6.66. The Hall–Kier alpha value is -0.960. The monoisotopic (exact) mass is 305 g/mol. The predicted molar refractivity (Wildman–Crippen MR) is 89.6 cm³/mol. The average Bonchev–Trinajstić information content (AvgIpc) is 2.41. The van der Waals surface area contributed by atoms with E-state index in [-0.39, 0.29) is 11.3 Å². The van der Waals surface area contributed by atoms with Crippen molar-refractivity contribution < 1.29 is 0 Å². The molecule has 0 aliphatic heterocycles. The van der Waals surface area contributed by atoms with E-state index in [1.807, 2.05) is 25.1 Å². The van der Waals surface area contributed by atoms with Crippen LogP contribution in [-0.2, 0) is 0 Å². The van der Waals surface area contributed by atoms with Crippen molar-refractivity contribution in [2.45, 2.75) is 37.0 Å². The molecule has 2 rings (SSSR count). The summed E-state index contributed by atoms with van der Waals surface area (Å²) in [5.74, 6) is 0. The van der Waals surface area contributed by atoms with Crippen LogP contribution in [0.4, 0.5) is 0 Å². The third-order valence-corrected chi connectivity index (χ3v) is 5.24. The highest BCUT2D eigenvalue weighted by Crippen LogP contribution is 2.40. The number of benzene rings is 2. The van der Waals surface area contributed by atoms with E-state index in [1.165, 1.54) is 16.0 Å². The summed E-state index contributed by atoms with van der Waals surface area (Å²) in [6.07, 6.45) is 0. The Labute approximate surface area is 130 Å². The average molecular weight is 306 g/mol. The van der Waals surface area contributed by atoms with Crippen LogP contribution in [-0.4, -0.2) is 6.04 Å². The van der Waals surface area contributed by atoms with Gasteiger partial charge in [0.25, 0.3) is 0 Å². The number of hydrogen-bond donors (Lipinski definition) is 1. The maximum atomic E-state index is 6.32. The van der Waals surface area contributed by atoms with Crippen molar-refractivity contribution in [3.63, 3.8) is 0 Å². The number of nitrogens with two attached hydrogens (primary N) is 1. The summed E-state index contributed by atoms with van der Waals surface area (Å²) in [4.78, 5) is 1.23. The van der Waals surface area contributed by atoms with E-state index in [2.05, 4.69) is 38.1 Å². The van der Waals surface area contributed by atoms with E-state index >= 15 is 0 Å². The molecule has 0 aliphatic carbocycles. The largest absolute Gasteiger partial charge is 0.327 e. The Morgan fingerprint density at radius 2 is 1.75 bits per heavy atom. The summed E-state index contributed by atoms with van der Waals surface area (Å²) in [6.45, 7) is 6.29. The number of aryl methyl sites for hydroxylation is 2. The molecular weight excluding hydrogens is 286 g/mol. The van der Waals surface area contributed by atoms with E-state index < -0.39 is 0 Å². The molecule has 0 aliphatic rings. The third kappa shape index (κ3) is 3.57. The van der Waals surface area contributed by atoms with Gasteiger partial charge in [0.1, 0.15) is 0 Å². The van der Waals surface area contributed by atoms with Crippen LogP contribution in [0.1, 0.15) is 28.9 Å². The van der Waals surface area contributed by atoms with Gasteiger partial charge in [0, 0.05) is 16.0 Å². The van der Waals surface area contributed by atoms with Crippen molar-refractivity contribution in [1.82, 2.24) is 0 Å². The topological polar surface area (TPSA) is 26.0 Å². The van der Waals surface area contributed by atoms with Crippen LogP contribution in [0.25, 0.3) is 0 Å². The van der Waals surface area contributed by atoms with Gasteiger partial charge in [0.15, 0.2) is 0 Å². The molecule has 0 spiro atoms. The first-order valence-corrected chi connectivity index (χ1v) is 7.98. The molecule has 0 radical (unpaired) electrons. The lowest BCUT2D eigenvalue weighted by Crippen LogP contribution is -2.22. The van der Waals surface area contributed by atoms with Crippen LogP contribution < -0.4 is 5.73 Å². The van der Waals surface area contributed by atoms with Gasteiger partial charge in [-0.2, -0.15) is 0 Å². The fourth-order valence-corrected chi connectivity index (χ4v) is 3.64. The molecule has 2 aromatic carbocycles. The molecule has 0 amide bonds. The van der Waals surface area contributed by atoms with E-state index in [9.17, 15) is 0 Å². The first-order valence-electron chi connectivity index (χ1n) is 6.73. The number of hydrogen-bond acceptors (Lipinski definition) is 2. The lowest BCUT2D eigenvalue weighted by Gasteiger charge is -2.22. The van der Waals surface area contributed by atoms with Crippen LogP contribution >= 0.6 is 23.4 Å². The molecule has 0 saturated heterocycles. The van der Waals surface area contributed by atoms with Gasteiger partial charge in [-0.05, 0) is 55.7 Å². The van der Waals surface area contributed by atoms with Crippen LogP contribution in [0.2, 0.25) is 5.02 Å². The first-order chi connectivity index (χ1) is 9.49. The van der Waals surface area contributed by atoms with Crippen LogP contribution in [0, 0.1) is 13.8 Å². The Kier molecular flexibility index (Phi) is 5.14. The van der Waals surface area contributed by atoms with Gasteiger partial charge in [-0.15, -0.1) is 11.8 Å². The highest BCUT2D eigenvalue weighted by molar-refractivity contribution is 7.99. The SMILES string of the molecule is Cc1ccc(SC(c2ccccc2Cl)C(C)N)cc1C. The normalized spacial score (nSPS) is 14.1. The molecule has 0 aromatic heterocycles. The van der Waals surface area contributed by atoms with Crippen LogP contribution in [0.15, 0.2) is 47.4 Å². The molecular formula is C17H20ClNS. The number of thioether (sulfide) groups is 1. The van der Waals surface area contributed by atoms with Crippen molar-refractivity contribution in [2.75, 3.05) is 0 Å². The minimum absolute atomic E-state index is 0.0292. The molecule has 2 atom stereocenters. The maximum Gasteiger partial charge on any atom is 0.0507 e. The molecule has 1 nitrogen and oxygen atoms in total. The van der Waals surface area contributed by atoms with E-state index in [4.69, 9.17) is 17.3 Å². The van der Waals surface area contributed by atoms with Gasteiger partial charge in [-0.3, -0.25) is 0 Å². The van der Waals surface area contributed by atoms with Gasteiger partial charge in [0.05, 0.1) is 5.25 Å². The quantitative estimate of drug-likeness (QED) is 0.792.